The summed E-state index contributed by atoms with van der Waals surface area (Å²) in [7, 11) is 0. The molecule has 542 valence electrons. The standard InChI is InChI=1S/C106H90BN5/c1-103(2,3)71-43-55-94-86(59-71)87-60-72(104(4,5)6)44-56-95(87)110(94)77-51-53-90-98(63-77)108(75-47-39-69(40-48-75)82-33-21-19-31-80(82)67-27-15-13-16-28-67)100-65-79(112-92-37-25-23-35-84(92)85-36-24-26-38-93(85)112)66-101-102(100)107(90)91-54-52-78(111-96-57-45-73(105(7,8)9)61-88(96)89-62-74(106(10,11)12)46-58-97(89)111)64-99(91)109(101)76-49-41-70(42-50-76)83-34-22-20-32-81(83)68-29-17-14-18-30-68/h13-66H,1-12H3. The largest absolute Gasteiger partial charge is 0.311 e. The second-order valence-electron chi connectivity index (χ2n) is 35.4. The van der Waals surface area contributed by atoms with Crippen molar-refractivity contribution in [3.63, 3.8) is 0 Å². The lowest BCUT2D eigenvalue weighted by Crippen LogP contribution is -2.61. The van der Waals surface area contributed by atoms with Gasteiger partial charge in [0.05, 0.1) is 38.8 Å². The molecule has 0 bridgehead atoms. The van der Waals surface area contributed by atoms with Crippen molar-refractivity contribution < 1.29 is 0 Å². The molecule has 2 aliphatic heterocycles. The topological polar surface area (TPSA) is 21.3 Å². The molecule has 0 fully saturated rings. The van der Waals surface area contributed by atoms with Gasteiger partial charge in [0.25, 0.3) is 6.71 Å². The van der Waals surface area contributed by atoms with Crippen molar-refractivity contribution in [1.82, 2.24) is 13.7 Å². The molecule has 5 heterocycles. The molecule has 0 atom stereocenters. The van der Waals surface area contributed by atoms with E-state index in [1.165, 1.54) is 126 Å². The Labute approximate surface area is 658 Å². The van der Waals surface area contributed by atoms with Gasteiger partial charge in [0.2, 0.25) is 0 Å². The maximum absolute atomic E-state index is 2.62. The van der Waals surface area contributed by atoms with Crippen LogP contribution < -0.4 is 26.2 Å². The Kier molecular flexibility index (Phi) is 15.6. The van der Waals surface area contributed by atoms with Gasteiger partial charge in [-0.3, -0.25) is 0 Å². The van der Waals surface area contributed by atoms with E-state index in [0.29, 0.717) is 0 Å². The van der Waals surface area contributed by atoms with Gasteiger partial charge in [-0.2, -0.15) is 0 Å². The maximum atomic E-state index is 2.62. The summed E-state index contributed by atoms with van der Waals surface area (Å²) in [6.45, 7) is 27.8. The average Bonchev–Trinajstić information content (AvgIpc) is 0.911. The van der Waals surface area contributed by atoms with Crippen LogP contribution in [0.1, 0.15) is 105 Å². The van der Waals surface area contributed by atoms with E-state index in [1.807, 2.05) is 0 Å². The van der Waals surface area contributed by atoms with Crippen LogP contribution in [0.5, 0.6) is 0 Å². The first-order valence-electron chi connectivity index (χ1n) is 39.8. The van der Waals surface area contributed by atoms with Gasteiger partial charge in [-0.25, -0.2) is 0 Å². The van der Waals surface area contributed by atoms with Crippen LogP contribution in [0.2, 0.25) is 0 Å². The normalized spacial score (nSPS) is 13.1. The van der Waals surface area contributed by atoms with Gasteiger partial charge in [0, 0.05) is 77.8 Å². The highest BCUT2D eigenvalue weighted by Gasteiger charge is 2.45. The summed E-state index contributed by atoms with van der Waals surface area (Å²) in [6.07, 6.45) is 0. The van der Waals surface area contributed by atoms with Gasteiger partial charge in [-0.1, -0.05) is 289 Å². The molecular weight excluding hydrogens is 1350 g/mol. The molecular formula is C106H90BN5. The van der Waals surface area contributed by atoms with Gasteiger partial charge in [0.15, 0.2) is 0 Å². The number of benzene rings is 15. The van der Waals surface area contributed by atoms with Crippen molar-refractivity contribution in [1.29, 1.82) is 0 Å². The molecule has 112 heavy (non-hydrogen) atoms. The lowest BCUT2D eigenvalue weighted by atomic mass is 9.33. The van der Waals surface area contributed by atoms with E-state index < -0.39 is 0 Å². The Hall–Kier alpha value is -12.6. The zero-order chi connectivity index (χ0) is 76.4. The molecule has 15 aromatic carbocycles. The highest BCUT2D eigenvalue weighted by molar-refractivity contribution is 7.00. The minimum atomic E-state index is -0.226. The fourth-order valence-corrected chi connectivity index (χ4v) is 18.4. The Morgan fingerprint density at radius 3 is 0.804 bits per heavy atom. The predicted octanol–water partition coefficient (Wildman–Crippen LogP) is 26.9. The third-order valence-corrected chi connectivity index (χ3v) is 24.3. The third kappa shape index (κ3) is 11.1. The molecule has 0 amide bonds. The highest BCUT2D eigenvalue weighted by atomic mass is 15.2. The molecule has 0 saturated heterocycles. The summed E-state index contributed by atoms with van der Waals surface area (Å²) in [5.41, 5.74) is 35.2. The Bertz CT molecular complexity index is 6290. The quantitative estimate of drug-likeness (QED) is 0.134. The minimum absolute atomic E-state index is 0.0549. The van der Waals surface area contributed by atoms with E-state index in [-0.39, 0.29) is 28.4 Å². The first-order valence-corrected chi connectivity index (χ1v) is 39.8. The molecule has 0 saturated carbocycles. The van der Waals surface area contributed by atoms with E-state index >= 15 is 0 Å². The molecule has 2 aliphatic rings. The van der Waals surface area contributed by atoms with E-state index in [0.717, 1.165) is 73.3 Å². The zero-order valence-electron chi connectivity index (χ0n) is 66.0. The lowest BCUT2D eigenvalue weighted by Gasteiger charge is -2.44. The van der Waals surface area contributed by atoms with Crippen molar-refractivity contribution in [3.8, 4) is 61.6 Å². The van der Waals surface area contributed by atoms with Gasteiger partial charge in [0.1, 0.15) is 0 Å². The van der Waals surface area contributed by atoms with Crippen LogP contribution in [0.15, 0.2) is 328 Å². The van der Waals surface area contributed by atoms with Crippen molar-refractivity contribution in [3.05, 3.63) is 350 Å². The summed E-state index contributed by atoms with van der Waals surface area (Å²) in [6, 6.07) is 125. The van der Waals surface area contributed by atoms with Crippen LogP contribution in [0.25, 0.3) is 127 Å². The summed E-state index contributed by atoms with van der Waals surface area (Å²) < 4.78 is 7.63. The van der Waals surface area contributed by atoms with Crippen LogP contribution in [0.4, 0.5) is 34.1 Å². The fraction of sp³-hybridized carbons (Fsp3) is 0.151. The molecule has 3 aromatic heterocycles. The Morgan fingerprint density at radius 1 is 0.205 bits per heavy atom. The Balaban J connectivity index is 0.895. The number of aromatic nitrogens is 3. The van der Waals surface area contributed by atoms with Crippen LogP contribution in [-0.2, 0) is 21.7 Å². The first kappa shape index (κ1) is 68.6. The van der Waals surface area contributed by atoms with Crippen molar-refractivity contribution >= 4 is 123 Å². The summed E-state index contributed by atoms with van der Waals surface area (Å²) in [5, 5.41) is 7.47. The maximum Gasteiger partial charge on any atom is 0.252 e. The summed E-state index contributed by atoms with van der Waals surface area (Å²) in [5.74, 6) is 0. The van der Waals surface area contributed by atoms with E-state index in [4.69, 9.17) is 0 Å². The van der Waals surface area contributed by atoms with E-state index in [2.05, 4.69) is 434 Å². The molecule has 0 radical (unpaired) electrons. The van der Waals surface area contributed by atoms with Gasteiger partial charge >= 0.3 is 0 Å². The molecule has 5 nitrogen and oxygen atoms in total. The number of anilines is 6. The van der Waals surface area contributed by atoms with E-state index in [9.17, 15) is 0 Å². The number of para-hydroxylation sites is 2. The molecule has 0 N–H and O–H groups in total. The average molecular weight is 1440 g/mol. The first-order chi connectivity index (χ1) is 54.1. The Morgan fingerprint density at radius 2 is 0.473 bits per heavy atom. The summed E-state index contributed by atoms with van der Waals surface area (Å²) >= 11 is 0. The van der Waals surface area contributed by atoms with Crippen LogP contribution in [0, 0.1) is 0 Å². The SMILES string of the molecule is CC(C)(C)c1ccc2c(c1)c1cc(C(C)(C)C)ccc1n2-c1ccc2c(c1)N(c1ccc(-c3ccccc3-c3ccccc3)cc1)c1cc(-n3c4ccccc4c4ccccc43)cc3c1B2c1ccc(-n2c4ccc(C(C)(C)C)cc4c4cc(C(C)(C)C)ccc42)cc1N3c1ccc(-c2ccccc2-c2ccccc2)cc1. The van der Waals surface area contributed by atoms with Crippen molar-refractivity contribution in [2.45, 2.75) is 105 Å². The number of nitrogens with zero attached hydrogens (tertiary/aromatic N) is 5. The van der Waals surface area contributed by atoms with Crippen LogP contribution in [0.3, 0.4) is 0 Å². The highest BCUT2D eigenvalue weighted by Crippen LogP contribution is 2.50. The molecule has 18 aromatic rings. The van der Waals surface area contributed by atoms with Crippen molar-refractivity contribution in [2.75, 3.05) is 9.80 Å². The third-order valence-electron chi connectivity index (χ3n) is 24.3. The predicted molar refractivity (Wildman–Crippen MR) is 480 cm³/mol. The second-order valence-corrected chi connectivity index (χ2v) is 35.4. The number of fused-ring (bicyclic) bond motifs is 13. The minimum Gasteiger partial charge on any atom is -0.311 e. The smallest absolute Gasteiger partial charge is 0.252 e. The number of hydrogen-bond acceptors (Lipinski definition) is 2. The molecule has 0 spiro atoms. The fourth-order valence-electron chi connectivity index (χ4n) is 18.4. The van der Waals surface area contributed by atoms with Crippen LogP contribution >= 0.6 is 0 Å². The number of rotatable bonds is 9. The molecule has 0 unspecified atom stereocenters. The number of hydrogen-bond donors (Lipinski definition) is 0. The van der Waals surface area contributed by atoms with Crippen LogP contribution in [-0.4, -0.2) is 20.4 Å². The van der Waals surface area contributed by atoms with Gasteiger partial charge < -0.3 is 23.5 Å². The van der Waals surface area contributed by atoms with Gasteiger partial charge in [-0.05, 0) is 226 Å². The van der Waals surface area contributed by atoms with Gasteiger partial charge in [-0.15, -0.1) is 0 Å². The van der Waals surface area contributed by atoms with E-state index in [1.54, 1.807) is 0 Å². The second kappa shape index (κ2) is 25.5. The zero-order valence-corrected chi connectivity index (χ0v) is 66.0. The molecule has 6 heteroatoms. The monoisotopic (exact) mass is 1440 g/mol. The molecule has 0 aliphatic carbocycles. The molecule has 20 rings (SSSR count). The van der Waals surface area contributed by atoms with Crippen molar-refractivity contribution in [2.24, 2.45) is 0 Å². The summed E-state index contributed by atoms with van der Waals surface area (Å²) in [4.78, 5) is 5.25. The lowest BCUT2D eigenvalue weighted by molar-refractivity contribution is 0.590.